The van der Waals surface area contributed by atoms with Crippen LogP contribution < -0.4 is 5.32 Å². The Balaban J connectivity index is 1.26. The number of aromatic nitrogens is 3. The number of pyridine rings is 1. The minimum Gasteiger partial charge on any atom is -0.307 e. The maximum absolute atomic E-state index is 12.1. The Morgan fingerprint density at radius 2 is 2.23 bits per heavy atom. The molecular weight excluding hydrogens is 346 g/mol. The quantitative estimate of drug-likeness (QED) is 0.770. The standard InChI is InChI=1S/C19H21N5OS/c25-18(13-4-3-5-13)22-19-21-15-7-9-23(12-16(15)26-19)10-14-11-24-8-2-1-6-17(24)20-14/h1-2,6,8,11,13H,3-5,7,9-10,12H2,(H,21,22,25). The topological polar surface area (TPSA) is 62.5 Å². The van der Waals surface area contributed by atoms with Crippen LogP contribution in [0, 0.1) is 5.92 Å². The van der Waals surface area contributed by atoms with E-state index in [-0.39, 0.29) is 11.8 Å². The number of amides is 1. The first-order valence-corrected chi connectivity index (χ1v) is 10.0. The van der Waals surface area contributed by atoms with Gasteiger partial charge in [-0.3, -0.25) is 9.69 Å². The molecule has 0 saturated heterocycles. The Morgan fingerprint density at radius 1 is 1.31 bits per heavy atom. The molecular formula is C19H21N5OS. The van der Waals surface area contributed by atoms with Gasteiger partial charge in [-0.15, -0.1) is 11.3 Å². The van der Waals surface area contributed by atoms with Crippen molar-refractivity contribution in [2.24, 2.45) is 5.92 Å². The van der Waals surface area contributed by atoms with Crippen molar-refractivity contribution >= 4 is 28.0 Å². The molecule has 5 rings (SSSR count). The molecule has 1 fully saturated rings. The summed E-state index contributed by atoms with van der Waals surface area (Å²) in [5.74, 6) is 0.339. The van der Waals surface area contributed by atoms with E-state index < -0.39 is 0 Å². The van der Waals surface area contributed by atoms with Crippen LogP contribution in [0.3, 0.4) is 0 Å². The number of hydrogen-bond acceptors (Lipinski definition) is 5. The lowest BCUT2D eigenvalue weighted by Gasteiger charge is -2.24. The average molecular weight is 367 g/mol. The van der Waals surface area contributed by atoms with E-state index in [9.17, 15) is 4.79 Å². The highest BCUT2D eigenvalue weighted by molar-refractivity contribution is 7.15. The number of rotatable bonds is 4. The fourth-order valence-electron chi connectivity index (χ4n) is 3.61. The second-order valence-electron chi connectivity index (χ2n) is 7.16. The molecule has 0 bridgehead atoms. The van der Waals surface area contributed by atoms with E-state index in [0.717, 1.165) is 61.1 Å². The van der Waals surface area contributed by atoms with Crippen LogP contribution in [-0.4, -0.2) is 31.7 Å². The van der Waals surface area contributed by atoms with Crippen LogP contribution in [0.5, 0.6) is 0 Å². The number of fused-ring (bicyclic) bond motifs is 2. The van der Waals surface area contributed by atoms with Gasteiger partial charge in [-0.25, -0.2) is 9.97 Å². The van der Waals surface area contributed by atoms with Crippen LogP contribution in [-0.2, 0) is 24.3 Å². The zero-order valence-electron chi connectivity index (χ0n) is 14.5. The molecule has 6 nitrogen and oxygen atoms in total. The van der Waals surface area contributed by atoms with Crippen LogP contribution in [0.2, 0.25) is 0 Å². The van der Waals surface area contributed by atoms with Gasteiger partial charge in [-0.05, 0) is 25.0 Å². The third kappa shape index (κ3) is 3.01. The van der Waals surface area contributed by atoms with Gasteiger partial charge in [0.05, 0.1) is 11.4 Å². The molecule has 134 valence electrons. The van der Waals surface area contributed by atoms with Crippen molar-refractivity contribution in [2.45, 2.75) is 38.8 Å². The summed E-state index contributed by atoms with van der Waals surface area (Å²) >= 11 is 1.62. The highest BCUT2D eigenvalue weighted by Crippen LogP contribution is 2.31. The molecule has 1 saturated carbocycles. The van der Waals surface area contributed by atoms with E-state index in [2.05, 4.69) is 25.8 Å². The highest BCUT2D eigenvalue weighted by Gasteiger charge is 2.27. The van der Waals surface area contributed by atoms with Gasteiger partial charge in [-0.1, -0.05) is 12.5 Å². The minimum atomic E-state index is 0.143. The van der Waals surface area contributed by atoms with Gasteiger partial charge in [0.2, 0.25) is 5.91 Å². The number of carbonyl (C=O) groups is 1. The van der Waals surface area contributed by atoms with E-state index in [1.165, 1.54) is 11.3 Å². The predicted molar refractivity (Wildman–Crippen MR) is 101 cm³/mol. The van der Waals surface area contributed by atoms with Crippen LogP contribution in [0.1, 0.15) is 35.5 Å². The minimum absolute atomic E-state index is 0.143. The van der Waals surface area contributed by atoms with E-state index in [0.29, 0.717) is 0 Å². The molecule has 0 atom stereocenters. The molecule has 7 heteroatoms. The van der Waals surface area contributed by atoms with Crippen LogP contribution in [0.15, 0.2) is 30.6 Å². The van der Waals surface area contributed by atoms with Crippen molar-refractivity contribution < 1.29 is 4.79 Å². The zero-order chi connectivity index (χ0) is 17.5. The monoisotopic (exact) mass is 367 g/mol. The molecule has 2 aliphatic rings. The SMILES string of the molecule is O=C(Nc1nc2c(s1)CN(Cc1cn3ccccc3n1)CC2)C1CCC1. The largest absolute Gasteiger partial charge is 0.307 e. The summed E-state index contributed by atoms with van der Waals surface area (Å²) < 4.78 is 2.06. The van der Waals surface area contributed by atoms with Crippen molar-refractivity contribution in [3.63, 3.8) is 0 Å². The van der Waals surface area contributed by atoms with Gasteiger partial charge in [0.15, 0.2) is 5.13 Å². The smallest absolute Gasteiger partial charge is 0.229 e. The van der Waals surface area contributed by atoms with E-state index in [4.69, 9.17) is 4.98 Å². The fourth-order valence-corrected chi connectivity index (χ4v) is 4.66. The molecule has 1 aliphatic carbocycles. The summed E-state index contributed by atoms with van der Waals surface area (Å²) in [5.41, 5.74) is 3.21. The number of nitrogens with one attached hydrogen (secondary N) is 1. The summed E-state index contributed by atoms with van der Waals surface area (Å²) in [6.45, 7) is 2.68. The number of thiazole rings is 1. The van der Waals surface area contributed by atoms with Gasteiger partial charge in [-0.2, -0.15) is 0 Å². The van der Waals surface area contributed by atoms with Gasteiger partial charge < -0.3 is 9.72 Å². The molecule has 1 amide bonds. The molecule has 26 heavy (non-hydrogen) atoms. The Bertz CT molecular complexity index is 925. The number of carbonyl (C=O) groups excluding carboxylic acids is 1. The Morgan fingerprint density at radius 3 is 3.04 bits per heavy atom. The van der Waals surface area contributed by atoms with Crippen LogP contribution in [0.4, 0.5) is 5.13 Å². The molecule has 3 aromatic rings. The second kappa shape index (κ2) is 6.48. The van der Waals surface area contributed by atoms with Crippen molar-refractivity contribution in [1.29, 1.82) is 0 Å². The van der Waals surface area contributed by atoms with Gasteiger partial charge in [0.25, 0.3) is 0 Å². The Hall–Kier alpha value is -2.25. The Kier molecular flexibility index (Phi) is 3.98. The van der Waals surface area contributed by atoms with E-state index >= 15 is 0 Å². The third-order valence-corrected chi connectivity index (χ3v) is 6.31. The predicted octanol–water partition coefficient (Wildman–Crippen LogP) is 3.09. The summed E-state index contributed by atoms with van der Waals surface area (Å²) in [5, 5.41) is 3.78. The van der Waals surface area contributed by atoms with Crippen molar-refractivity contribution in [3.8, 4) is 0 Å². The number of imidazole rings is 1. The lowest BCUT2D eigenvalue weighted by Crippen LogP contribution is -2.29. The fraction of sp³-hybridized carbons (Fsp3) is 0.421. The second-order valence-corrected chi connectivity index (χ2v) is 8.25. The first kappa shape index (κ1) is 16.0. The third-order valence-electron chi connectivity index (χ3n) is 5.32. The number of nitrogens with zero attached hydrogens (tertiary/aromatic N) is 4. The summed E-state index contributed by atoms with van der Waals surface area (Å²) in [6, 6.07) is 6.05. The molecule has 0 aromatic carbocycles. The summed E-state index contributed by atoms with van der Waals surface area (Å²) in [7, 11) is 0. The highest BCUT2D eigenvalue weighted by atomic mass is 32.1. The van der Waals surface area contributed by atoms with Crippen molar-refractivity contribution in [1.82, 2.24) is 19.3 Å². The van der Waals surface area contributed by atoms with Gasteiger partial charge >= 0.3 is 0 Å². The zero-order valence-corrected chi connectivity index (χ0v) is 15.3. The van der Waals surface area contributed by atoms with Crippen molar-refractivity contribution in [2.75, 3.05) is 11.9 Å². The number of hydrogen-bond donors (Lipinski definition) is 1. The lowest BCUT2D eigenvalue weighted by atomic mass is 9.85. The summed E-state index contributed by atoms with van der Waals surface area (Å²) in [6.07, 6.45) is 8.26. The molecule has 0 unspecified atom stereocenters. The van der Waals surface area contributed by atoms with E-state index in [1.807, 2.05) is 24.4 Å². The molecule has 0 radical (unpaired) electrons. The maximum Gasteiger partial charge on any atom is 0.229 e. The van der Waals surface area contributed by atoms with Crippen LogP contribution in [0.25, 0.3) is 5.65 Å². The molecule has 1 aliphatic heterocycles. The van der Waals surface area contributed by atoms with Crippen molar-refractivity contribution in [3.05, 3.63) is 46.9 Å². The first-order chi connectivity index (χ1) is 12.7. The Labute approximate surface area is 155 Å². The van der Waals surface area contributed by atoms with Gasteiger partial charge in [0, 0.05) is 49.2 Å². The van der Waals surface area contributed by atoms with Crippen LogP contribution >= 0.6 is 11.3 Å². The maximum atomic E-state index is 12.1. The molecule has 0 spiro atoms. The summed E-state index contributed by atoms with van der Waals surface area (Å²) in [4.78, 5) is 25.1. The molecule has 3 aromatic heterocycles. The molecule has 1 N–H and O–H groups in total. The lowest BCUT2D eigenvalue weighted by molar-refractivity contribution is -0.122. The first-order valence-electron chi connectivity index (χ1n) is 9.19. The molecule has 4 heterocycles. The normalized spacial score (nSPS) is 17.8. The number of anilines is 1. The average Bonchev–Trinajstić information content (AvgIpc) is 3.15. The van der Waals surface area contributed by atoms with Gasteiger partial charge in [0.1, 0.15) is 5.65 Å². The van der Waals surface area contributed by atoms with E-state index in [1.54, 1.807) is 11.3 Å².